The minimum atomic E-state index is -0.491. The summed E-state index contributed by atoms with van der Waals surface area (Å²) >= 11 is 0. The maximum atomic E-state index is 11.9. The highest BCUT2D eigenvalue weighted by atomic mass is 16.7. The topological polar surface area (TPSA) is 67.8 Å². The van der Waals surface area contributed by atoms with E-state index in [0.717, 1.165) is 37.8 Å². The summed E-state index contributed by atoms with van der Waals surface area (Å²) in [5, 5.41) is 14.4. The molecule has 5 heteroatoms. The van der Waals surface area contributed by atoms with E-state index in [2.05, 4.69) is 25.2 Å². The van der Waals surface area contributed by atoms with Crippen LogP contribution in [0.4, 0.5) is 0 Å². The minimum absolute atomic E-state index is 0.116. The Hall–Kier alpha value is -0.910. The maximum absolute atomic E-state index is 11.9. The molecule has 2 saturated carbocycles. The van der Waals surface area contributed by atoms with Gasteiger partial charge in [-0.15, -0.1) is 0 Å². The van der Waals surface area contributed by atoms with Crippen LogP contribution in [-0.2, 0) is 14.3 Å². The summed E-state index contributed by atoms with van der Waals surface area (Å²) in [5.41, 5.74) is 0.808. The number of nitrogens with one attached hydrogen (secondary N) is 1. The SMILES string of the molecule is CC12CCC(=O)NC1=CCC1C2C(O)CC2(C)C1CCC21OCCO1. The molecule has 5 nitrogen and oxygen atoms in total. The van der Waals surface area contributed by atoms with Crippen molar-refractivity contribution in [3.05, 3.63) is 11.8 Å². The fraction of sp³-hybridized carbons (Fsp3) is 0.850. The lowest BCUT2D eigenvalue weighted by Gasteiger charge is -2.59. The Morgan fingerprint density at radius 3 is 2.76 bits per heavy atom. The Balaban J connectivity index is 1.54. The first-order valence-corrected chi connectivity index (χ1v) is 9.86. The van der Waals surface area contributed by atoms with Crippen molar-refractivity contribution in [1.29, 1.82) is 0 Å². The van der Waals surface area contributed by atoms with Crippen molar-refractivity contribution >= 4 is 5.91 Å². The molecule has 2 saturated heterocycles. The van der Waals surface area contributed by atoms with E-state index in [4.69, 9.17) is 9.47 Å². The van der Waals surface area contributed by atoms with Crippen molar-refractivity contribution in [1.82, 2.24) is 5.32 Å². The number of ether oxygens (including phenoxy) is 2. The van der Waals surface area contributed by atoms with Crippen LogP contribution in [0.2, 0.25) is 0 Å². The third-order valence-corrected chi connectivity index (χ3v) is 8.34. The molecule has 1 amide bonds. The lowest BCUT2D eigenvalue weighted by molar-refractivity contribution is -0.255. The Morgan fingerprint density at radius 2 is 2.00 bits per heavy atom. The first-order chi connectivity index (χ1) is 11.9. The number of aliphatic hydroxyl groups excluding tert-OH is 1. The molecule has 6 atom stereocenters. The molecule has 3 aliphatic carbocycles. The summed E-state index contributed by atoms with van der Waals surface area (Å²) in [6.07, 6.45) is 6.96. The molecule has 2 aliphatic heterocycles. The lowest BCUT2D eigenvalue weighted by atomic mass is 9.48. The molecular formula is C20H29NO4. The van der Waals surface area contributed by atoms with Crippen LogP contribution in [0, 0.1) is 28.6 Å². The smallest absolute Gasteiger partial charge is 0.224 e. The normalized spacial score (nSPS) is 50.7. The number of hydrogen-bond acceptors (Lipinski definition) is 4. The van der Waals surface area contributed by atoms with Crippen molar-refractivity contribution in [2.24, 2.45) is 28.6 Å². The fourth-order valence-corrected chi connectivity index (χ4v) is 7.21. The summed E-state index contributed by atoms with van der Waals surface area (Å²) < 4.78 is 12.3. The highest BCUT2D eigenvalue weighted by Crippen LogP contribution is 2.67. The second-order valence-electron chi connectivity index (χ2n) is 9.29. The van der Waals surface area contributed by atoms with Crippen LogP contribution in [-0.4, -0.2) is 36.1 Å². The minimum Gasteiger partial charge on any atom is -0.393 e. The molecule has 5 rings (SSSR count). The highest BCUT2D eigenvalue weighted by molar-refractivity contribution is 5.79. The van der Waals surface area contributed by atoms with Crippen molar-refractivity contribution in [2.45, 2.75) is 64.3 Å². The summed E-state index contributed by atoms with van der Waals surface area (Å²) in [4.78, 5) is 11.9. The number of fused-ring (bicyclic) bond motifs is 6. The average molecular weight is 347 g/mol. The van der Waals surface area contributed by atoms with Crippen LogP contribution < -0.4 is 5.32 Å². The molecule has 5 aliphatic rings. The van der Waals surface area contributed by atoms with Crippen LogP contribution in [0.15, 0.2) is 11.8 Å². The molecule has 138 valence electrons. The van der Waals surface area contributed by atoms with Gasteiger partial charge in [0, 0.05) is 29.4 Å². The summed E-state index contributed by atoms with van der Waals surface area (Å²) in [5.74, 6) is 0.776. The molecule has 6 unspecified atom stereocenters. The van der Waals surface area contributed by atoms with Gasteiger partial charge in [-0.3, -0.25) is 4.79 Å². The van der Waals surface area contributed by atoms with Gasteiger partial charge in [0.15, 0.2) is 5.79 Å². The lowest BCUT2D eigenvalue weighted by Crippen LogP contribution is -2.61. The molecule has 0 aromatic rings. The van der Waals surface area contributed by atoms with Crippen LogP contribution in [0.3, 0.4) is 0 Å². The van der Waals surface area contributed by atoms with Gasteiger partial charge in [0.05, 0.1) is 19.3 Å². The molecule has 0 aromatic carbocycles. The second kappa shape index (κ2) is 5.08. The fourth-order valence-electron chi connectivity index (χ4n) is 7.21. The van der Waals surface area contributed by atoms with Gasteiger partial charge in [0.25, 0.3) is 0 Å². The molecule has 2 N–H and O–H groups in total. The van der Waals surface area contributed by atoms with Crippen molar-refractivity contribution in [3.8, 4) is 0 Å². The third kappa shape index (κ3) is 1.92. The molecule has 25 heavy (non-hydrogen) atoms. The van der Waals surface area contributed by atoms with E-state index in [-0.39, 0.29) is 28.8 Å². The van der Waals surface area contributed by atoms with Crippen LogP contribution in [0.1, 0.15) is 52.4 Å². The Kier molecular flexibility index (Phi) is 3.31. The van der Waals surface area contributed by atoms with Gasteiger partial charge < -0.3 is 19.9 Å². The van der Waals surface area contributed by atoms with Gasteiger partial charge in [0.1, 0.15) is 0 Å². The van der Waals surface area contributed by atoms with Gasteiger partial charge in [-0.2, -0.15) is 0 Å². The Labute approximate surface area is 149 Å². The van der Waals surface area contributed by atoms with Crippen molar-refractivity contribution < 1.29 is 19.4 Å². The van der Waals surface area contributed by atoms with E-state index in [1.165, 1.54) is 0 Å². The van der Waals surface area contributed by atoms with Crippen molar-refractivity contribution in [3.63, 3.8) is 0 Å². The first-order valence-electron chi connectivity index (χ1n) is 9.86. The largest absolute Gasteiger partial charge is 0.393 e. The van der Waals surface area contributed by atoms with Gasteiger partial charge >= 0.3 is 0 Å². The monoisotopic (exact) mass is 347 g/mol. The Bertz CT molecular complexity index is 640. The number of carbonyl (C=O) groups is 1. The molecule has 2 heterocycles. The molecule has 1 spiro atoms. The first kappa shape index (κ1) is 16.3. The van der Waals surface area contributed by atoms with Crippen molar-refractivity contribution in [2.75, 3.05) is 13.2 Å². The average Bonchev–Trinajstić information content (AvgIpc) is 3.15. The molecular weight excluding hydrogens is 318 g/mol. The van der Waals surface area contributed by atoms with Gasteiger partial charge in [-0.25, -0.2) is 0 Å². The van der Waals surface area contributed by atoms with E-state index >= 15 is 0 Å². The Morgan fingerprint density at radius 1 is 1.24 bits per heavy atom. The van der Waals surface area contributed by atoms with Crippen LogP contribution >= 0.6 is 0 Å². The van der Waals surface area contributed by atoms with E-state index < -0.39 is 5.79 Å². The highest BCUT2D eigenvalue weighted by Gasteiger charge is 2.68. The summed E-state index contributed by atoms with van der Waals surface area (Å²) in [6.45, 7) is 5.86. The third-order valence-electron chi connectivity index (χ3n) is 8.34. The number of hydrogen-bond donors (Lipinski definition) is 2. The zero-order chi connectivity index (χ0) is 17.4. The number of aliphatic hydroxyl groups is 1. The number of piperidine rings is 1. The second-order valence-corrected chi connectivity index (χ2v) is 9.29. The number of allylic oxidation sites excluding steroid dienone is 2. The van der Waals surface area contributed by atoms with Gasteiger partial charge in [-0.1, -0.05) is 19.9 Å². The van der Waals surface area contributed by atoms with E-state index in [1.807, 2.05) is 0 Å². The van der Waals surface area contributed by atoms with Gasteiger partial charge in [0.2, 0.25) is 5.91 Å². The standard InChI is InChI=1S/C20H29NO4/c1-18-7-6-16(23)21-15(18)4-3-12-13-5-8-20(24-9-10-25-20)19(13,2)11-14(22)17(12)18/h4,12-14,17,22H,3,5-11H2,1-2H3,(H,21,23). The predicted octanol–water partition coefficient (Wildman–Crippen LogP) is 2.35. The quantitative estimate of drug-likeness (QED) is 0.706. The maximum Gasteiger partial charge on any atom is 0.224 e. The molecule has 0 aromatic heterocycles. The number of rotatable bonds is 0. The summed E-state index contributed by atoms with van der Waals surface area (Å²) in [7, 11) is 0. The molecule has 0 radical (unpaired) electrons. The van der Waals surface area contributed by atoms with E-state index in [0.29, 0.717) is 31.5 Å². The van der Waals surface area contributed by atoms with Crippen LogP contribution in [0.25, 0.3) is 0 Å². The van der Waals surface area contributed by atoms with Gasteiger partial charge in [-0.05, 0) is 43.4 Å². The zero-order valence-corrected chi connectivity index (χ0v) is 15.2. The summed E-state index contributed by atoms with van der Waals surface area (Å²) in [6, 6.07) is 0. The number of amides is 1. The zero-order valence-electron chi connectivity index (χ0n) is 15.2. The van der Waals surface area contributed by atoms with E-state index in [1.54, 1.807) is 0 Å². The number of carbonyl (C=O) groups excluding carboxylic acids is 1. The van der Waals surface area contributed by atoms with E-state index in [9.17, 15) is 9.90 Å². The molecule has 4 fully saturated rings. The van der Waals surface area contributed by atoms with Crippen LogP contribution in [0.5, 0.6) is 0 Å². The molecule has 0 bridgehead atoms. The predicted molar refractivity (Wildman–Crippen MR) is 91.3 cm³/mol.